The molecule has 0 unspecified atom stereocenters. The summed E-state index contributed by atoms with van der Waals surface area (Å²) in [6.45, 7) is 0.839. The van der Waals surface area contributed by atoms with Crippen LogP contribution in [0.3, 0.4) is 0 Å². The molecule has 6 nitrogen and oxygen atoms in total. The summed E-state index contributed by atoms with van der Waals surface area (Å²) in [5.74, 6) is -0.334. The van der Waals surface area contributed by atoms with E-state index in [1.807, 2.05) is 121 Å². The van der Waals surface area contributed by atoms with E-state index < -0.39 is 0 Å². The number of benzene rings is 4. The number of aromatic nitrogens is 2. The second-order valence-corrected chi connectivity index (χ2v) is 9.74. The molecule has 6 rings (SSSR count). The summed E-state index contributed by atoms with van der Waals surface area (Å²) in [5, 5.41) is 7.64. The van der Waals surface area contributed by atoms with Gasteiger partial charge in [0, 0.05) is 35.0 Å². The second-order valence-electron chi connectivity index (χ2n) is 9.74. The Kier molecular flexibility index (Phi) is 7.45. The Morgan fingerprint density at radius 1 is 0.512 bits per heavy atom. The topological polar surface area (TPSA) is 84.0 Å². The quantitative estimate of drug-likeness (QED) is 0.213. The van der Waals surface area contributed by atoms with Gasteiger partial charge in [-0.3, -0.25) is 9.59 Å². The van der Waals surface area contributed by atoms with Crippen molar-refractivity contribution >= 4 is 33.6 Å². The maximum atomic E-state index is 13.2. The average molecular weight is 537 g/mol. The molecule has 200 valence electrons. The zero-order chi connectivity index (χ0) is 28.0. The third kappa shape index (κ3) is 5.68. The van der Waals surface area contributed by atoms with Crippen molar-refractivity contribution in [2.75, 3.05) is 13.1 Å². The molecule has 0 aliphatic heterocycles. The molecule has 0 spiro atoms. The molecule has 0 fully saturated rings. The minimum atomic E-state index is -0.167. The normalized spacial score (nSPS) is 10.9. The Hall–Kier alpha value is -5.36. The molecule has 0 bridgehead atoms. The lowest BCUT2D eigenvalue weighted by Gasteiger charge is -2.12. The fourth-order valence-corrected chi connectivity index (χ4v) is 4.92. The van der Waals surface area contributed by atoms with Gasteiger partial charge in [0.1, 0.15) is 0 Å². The maximum Gasteiger partial charge on any atom is 0.252 e. The molecule has 6 heteroatoms. The van der Waals surface area contributed by atoms with E-state index in [1.165, 1.54) is 0 Å². The van der Waals surface area contributed by atoms with Crippen molar-refractivity contribution in [2.24, 2.45) is 0 Å². The molecule has 2 amide bonds. The van der Waals surface area contributed by atoms with Gasteiger partial charge in [-0.15, -0.1) is 0 Å². The van der Waals surface area contributed by atoms with Gasteiger partial charge < -0.3 is 10.6 Å². The van der Waals surface area contributed by atoms with Crippen molar-refractivity contribution in [3.8, 4) is 22.5 Å². The highest BCUT2D eigenvalue weighted by molar-refractivity contribution is 6.08. The van der Waals surface area contributed by atoms with Gasteiger partial charge in [-0.2, -0.15) is 0 Å². The van der Waals surface area contributed by atoms with E-state index in [4.69, 9.17) is 9.97 Å². The summed E-state index contributed by atoms with van der Waals surface area (Å²) in [4.78, 5) is 36.0. The summed E-state index contributed by atoms with van der Waals surface area (Å²) in [6, 6.07) is 38.7. The van der Waals surface area contributed by atoms with Gasteiger partial charge in [-0.1, -0.05) is 97.1 Å². The number of carbonyl (C=O) groups is 2. The van der Waals surface area contributed by atoms with E-state index in [2.05, 4.69) is 10.6 Å². The monoisotopic (exact) mass is 536 g/mol. The van der Waals surface area contributed by atoms with Crippen LogP contribution in [0.1, 0.15) is 27.1 Å². The summed E-state index contributed by atoms with van der Waals surface area (Å²) >= 11 is 0. The lowest BCUT2D eigenvalue weighted by molar-refractivity contribution is 0.0953. The smallest absolute Gasteiger partial charge is 0.252 e. The van der Waals surface area contributed by atoms with Crippen molar-refractivity contribution < 1.29 is 9.59 Å². The first-order valence-electron chi connectivity index (χ1n) is 13.6. The number of pyridine rings is 2. The third-order valence-corrected chi connectivity index (χ3v) is 6.99. The standard InChI is InChI=1S/C35H28N4O2/c40-34(28-22-32(24-12-3-1-4-13-24)38-30-18-9-7-16-26(28)30)36-20-11-21-37-35(41)29-23-33(25-14-5-2-6-15-25)39-31-19-10-8-17-27(29)31/h1-10,12-19,22-23H,11,20-21H2,(H,36,40)(H,37,41). The molecule has 2 heterocycles. The van der Waals surface area contributed by atoms with Crippen LogP contribution in [0.4, 0.5) is 0 Å². The van der Waals surface area contributed by atoms with Crippen LogP contribution in [0, 0.1) is 0 Å². The van der Waals surface area contributed by atoms with Gasteiger partial charge >= 0.3 is 0 Å². The number of amides is 2. The predicted molar refractivity (Wildman–Crippen MR) is 164 cm³/mol. The number of hydrogen-bond acceptors (Lipinski definition) is 4. The molecule has 6 aromatic rings. The minimum absolute atomic E-state index is 0.167. The van der Waals surface area contributed by atoms with Gasteiger partial charge in [0.25, 0.3) is 11.8 Å². The second kappa shape index (κ2) is 11.8. The number of rotatable bonds is 8. The van der Waals surface area contributed by atoms with Crippen LogP contribution in [0.2, 0.25) is 0 Å². The van der Waals surface area contributed by atoms with Gasteiger partial charge in [0.05, 0.1) is 33.5 Å². The molecule has 0 aliphatic carbocycles. The fraction of sp³-hybridized carbons (Fsp3) is 0.0857. The number of carbonyl (C=O) groups excluding carboxylic acids is 2. The highest BCUT2D eigenvalue weighted by atomic mass is 16.2. The maximum absolute atomic E-state index is 13.2. The van der Waals surface area contributed by atoms with E-state index in [-0.39, 0.29) is 11.8 Å². The number of nitrogens with one attached hydrogen (secondary N) is 2. The molecule has 0 saturated heterocycles. The number of fused-ring (bicyclic) bond motifs is 2. The van der Waals surface area contributed by atoms with Crippen molar-refractivity contribution in [1.29, 1.82) is 0 Å². The Morgan fingerprint density at radius 2 is 0.902 bits per heavy atom. The van der Waals surface area contributed by atoms with Crippen LogP contribution in [-0.4, -0.2) is 34.9 Å². The van der Waals surface area contributed by atoms with E-state index in [1.54, 1.807) is 0 Å². The van der Waals surface area contributed by atoms with E-state index >= 15 is 0 Å². The first-order chi connectivity index (χ1) is 20.2. The Morgan fingerprint density at radius 3 is 1.34 bits per heavy atom. The van der Waals surface area contributed by atoms with Crippen LogP contribution < -0.4 is 10.6 Å². The third-order valence-electron chi connectivity index (χ3n) is 6.99. The largest absolute Gasteiger partial charge is 0.352 e. The van der Waals surface area contributed by atoms with E-state index in [0.29, 0.717) is 30.6 Å². The lowest BCUT2D eigenvalue weighted by Crippen LogP contribution is -2.30. The highest BCUT2D eigenvalue weighted by Crippen LogP contribution is 2.26. The number of para-hydroxylation sites is 2. The van der Waals surface area contributed by atoms with Crippen LogP contribution >= 0.6 is 0 Å². The molecule has 0 aliphatic rings. The molecule has 2 N–H and O–H groups in total. The molecule has 0 atom stereocenters. The molecular weight excluding hydrogens is 508 g/mol. The van der Waals surface area contributed by atoms with Crippen molar-refractivity contribution in [1.82, 2.24) is 20.6 Å². The van der Waals surface area contributed by atoms with Crippen LogP contribution in [0.15, 0.2) is 121 Å². The van der Waals surface area contributed by atoms with E-state index in [0.717, 1.165) is 44.3 Å². The molecule has 0 saturated carbocycles. The predicted octanol–water partition coefficient (Wildman–Crippen LogP) is 6.67. The van der Waals surface area contributed by atoms with E-state index in [9.17, 15) is 9.59 Å². The Labute approximate surface area is 238 Å². The Bertz CT molecular complexity index is 1720. The van der Waals surface area contributed by atoms with Crippen molar-refractivity contribution in [2.45, 2.75) is 6.42 Å². The molecule has 2 aromatic heterocycles. The first kappa shape index (κ1) is 25.9. The summed E-state index contributed by atoms with van der Waals surface area (Å²) in [6.07, 6.45) is 0.584. The number of nitrogens with zero attached hydrogens (tertiary/aromatic N) is 2. The molecular formula is C35H28N4O2. The highest BCUT2D eigenvalue weighted by Gasteiger charge is 2.15. The zero-order valence-electron chi connectivity index (χ0n) is 22.4. The van der Waals surface area contributed by atoms with Crippen molar-refractivity contribution in [3.63, 3.8) is 0 Å². The number of hydrogen-bond donors (Lipinski definition) is 2. The lowest BCUT2D eigenvalue weighted by atomic mass is 10.0. The van der Waals surface area contributed by atoms with Gasteiger partial charge in [0.2, 0.25) is 0 Å². The first-order valence-corrected chi connectivity index (χ1v) is 13.6. The van der Waals surface area contributed by atoms with Gasteiger partial charge in [0.15, 0.2) is 0 Å². The van der Waals surface area contributed by atoms with Crippen LogP contribution in [0.5, 0.6) is 0 Å². The summed E-state index contributed by atoms with van der Waals surface area (Å²) in [7, 11) is 0. The minimum Gasteiger partial charge on any atom is -0.352 e. The zero-order valence-corrected chi connectivity index (χ0v) is 22.4. The average Bonchev–Trinajstić information content (AvgIpc) is 3.04. The van der Waals surface area contributed by atoms with Gasteiger partial charge in [-0.25, -0.2) is 9.97 Å². The summed E-state index contributed by atoms with van der Waals surface area (Å²) in [5.41, 5.74) is 6.10. The molecule has 0 radical (unpaired) electrons. The van der Waals surface area contributed by atoms with Crippen LogP contribution in [-0.2, 0) is 0 Å². The Balaban J connectivity index is 1.13. The van der Waals surface area contributed by atoms with Crippen LogP contribution in [0.25, 0.3) is 44.3 Å². The fourth-order valence-electron chi connectivity index (χ4n) is 4.92. The van der Waals surface area contributed by atoms with Crippen molar-refractivity contribution in [3.05, 3.63) is 132 Å². The molecule has 4 aromatic carbocycles. The van der Waals surface area contributed by atoms with Gasteiger partial charge in [-0.05, 0) is 30.7 Å². The SMILES string of the molecule is O=C(NCCCNC(=O)c1cc(-c2ccccc2)nc2ccccc12)c1cc(-c2ccccc2)nc2ccccc12. The molecule has 41 heavy (non-hydrogen) atoms. The summed E-state index contributed by atoms with van der Waals surface area (Å²) < 4.78 is 0.